The van der Waals surface area contributed by atoms with E-state index in [0.29, 0.717) is 30.8 Å². The minimum Gasteiger partial charge on any atom is -0.466 e. The van der Waals surface area contributed by atoms with E-state index in [1.807, 2.05) is 0 Å². The number of aldehydes is 1. The second kappa shape index (κ2) is 9.20. The van der Waals surface area contributed by atoms with E-state index in [1.54, 1.807) is 0 Å². The molecule has 0 aliphatic heterocycles. The summed E-state index contributed by atoms with van der Waals surface area (Å²) in [4.78, 5) is 21.0. The Morgan fingerprint density at radius 1 is 1.18 bits per heavy atom. The molecule has 100 valence electrons. The third-order valence-corrected chi connectivity index (χ3v) is 3.37. The van der Waals surface area contributed by atoms with Crippen molar-refractivity contribution < 1.29 is 14.3 Å². The van der Waals surface area contributed by atoms with Gasteiger partial charge in [-0.1, -0.05) is 33.6 Å². The lowest BCUT2D eigenvalue weighted by atomic mass is 9.88. The Kier molecular flexibility index (Phi) is 8.73. The molecule has 0 heterocycles. The number of hydrogen-bond acceptors (Lipinski definition) is 3. The summed E-state index contributed by atoms with van der Waals surface area (Å²) >= 11 is 0. The van der Waals surface area contributed by atoms with E-state index in [0.717, 1.165) is 25.5 Å². The van der Waals surface area contributed by atoms with E-state index in [4.69, 9.17) is 4.74 Å². The molecule has 0 bridgehead atoms. The summed E-state index contributed by atoms with van der Waals surface area (Å²) in [6.07, 6.45) is 5.01. The second-order valence-corrected chi connectivity index (χ2v) is 5.20. The Morgan fingerprint density at radius 2 is 1.82 bits per heavy atom. The summed E-state index contributed by atoms with van der Waals surface area (Å²) in [6.45, 7) is 8.39. The first-order valence-electron chi connectivity index (χ1n) is 6.54. The zero-order valence-electron chi connectivity index (χ0n) is 11.6. The third-order valence-electron chi connectivity index (χ3n) is 3.37. The summed E-state index contributed by atoms with van der Waals surface area (Å²) in [6, 6.07) is 0. The molecule has 0 amide bonds. The highest BCUT2D eigenvalue weighted by molar-refractivity contribution is 5.65. The van der Waals surface area contributed by atoms with Gasteiger partial charge in [-0.15, -0.1) is 0 Å². The quantitative estimate of drug-likeness (QED) is 0.460. The zero-order chi connectivity index (χ0) is 13.3. The van der Waals surface area contributed by atoms with Crippen LogP contribution >= 0.6 is 0 Å². The Bertz CT molecular complexity index is 226. The molecule has 3 nitrogen and oxygen atoms in total. The highest BCUT2D eigenvalue weighted by atomic mass is 16.5. The lowest BCUT2D eigenvalue weighted by molar-refractivity contribution is -0.142. The van der Waals surface area contributed by atoms with Crippen LogP contribution in [-0.2, 0) is 14.3 Å². The van der Waals surface area contributed by atoms with Crippen molar-refractivity contribution in [3.63, 3.8) is 0 Å². The van der Waals surface area contributed by atoms with Crippen LogP contribution in [0, 0.1) is 17.8 Å². The Hall–Kier alpha value is -0.860. The number of esters is 1. The van der Waals surface area contributed by atoms with Crippen molar-refractivity contribution >= 4 is 12.3 Å². The second-order valence-electron chi connectivity index (χ2n) is 5.20. The number of hydrogen-bond donors (Lipinski definition) is 0. The van der Waals surface area contributed by atoms with Gasteiger partial charge < -0.3 is 9.53 Å². The largest absolute Gasteiger partial charge is 0.466 e. The first kappa shape index (κ1) is 16.1. The van der Waals surface area contributed by atoms with E-state index in [-0.39, 0.29) is 5.97 Å². The fourth-order valence-electron chi connectivity index (χ4n) is 1.80. The molecule has 0 aromatic rings. The van der Waals surface area contributed by atoms with Crippen LogP contribution in [0.2, 0.25) is 0 Å². The van der Waals surface area contributed by atoms with Gasteiger partial charge in [0.2, 0.25) is 0 Å². The first-order chi connectivity index (χ1) is 7.97. The standard InChI is InChI=1S/C14H26O3/c1-11(10-17-14(4)16)6-5-7-12(2)13(3)8-9-15/h9,11-13H,5-8,10H2,1-4H3/t11-,12+,13?/m0/s1. The monoisotopic (exact) mass is 242 g/mol. The Morgan fingerprint density at radius 3 is 2.35 bits per heavy atom. The molecule has 0 aliphatic rings. The molecule has 3 atom stereocenters. The van der Waals surface area contributed by atoms with Crippen molar-refractivity contribution in [2.24, 2.45) is 17.8 Å². The maximum absolute atomic E-state index is 10.6. The van der Waals surface area contributed by atoms with E-state index in [1.165, 1.54) is 6.92 Å². The molecule has 3 heteroatoms. The molecule has 0 radical (unpaired) electrons. The van der Waals surface area contributed by atoms with Gasteiger partial charge in [0.15, 0.2) is 0 Å². The molecule has 0 fully saturated rings. The summed E-state index contributed by atoms with van der Waals surface area (Å²) in [5.41, 5.74) is 0. The highest BCUT2D eigenvalue weighted by Crippen LogP contribution is 2.21. The van der Waals surface area contributed by atoms with Crippen LogP contribution in [0.5, 0.6) is 0 Å². The minimum absolute atomic E-state index is 0.204. The first-order valence-corrected chi connectivity index (χ1v) is 6.54. The molecule has 0 rings (SSSR count). The van der Waals surface area contributed by atoms with Crippen LogP contribution in [0.15, 0.2) is 0 Å². The van der Waals surface area contributed by atoms with Gasteiger partial charge in [-0.2, -0.15) is 0 Å². The molecule has 0 aromatic heterocycles. The highest BCUT2D eigenvalue weighted by Gasteiger charge is 2.12. The summed E-state index contributed by atoms with van der Waals surface area (Å²) in [7, 11) is 0. The number of ether oxygens (including phenoxy) is 1. The smallest absolute Gasteiger partial charge is 0.302 e. The van der Waals surface area contributed by atoms with Crippen LogP contribution < -0.4 is 0 Å². The van der Waals surface area contributed by atoms with Gasteiger partial charge in [-0.3, -0.25) is 4.79 Å². The van der Waals surface area contributed by atoms with E-state index in [2.05, 4.69) is 20.8 Å². The van der Waals surface area contributed by atoms with Gasteiger partial charge in [0.05, 0.1) is 6.61 Å². The molecule has 0 saturated heterocycles. The molecule has 0 N–H and O–H groups in total. The molecule has 17 heavy (non-hydrogen) atoms. The van der Waals surface area contributed by atoms with Crippen molar-refractivity contribution in [2.45, 2.75) is 53.4 Å². The topological polar surface area (TPSA) is 43.4 Å². The maximum atomic E-state index is 10.6. The third kappa shape index (κ3) is 8.90. The number of carbonyl (C=O) groups excluding carboxylic acids is 2. The van der Waals surface area contributed by atoms with Gasteiger partial charge in [-0.25, -0.2) is 0 Å². The van der Waals surface area contributed by atoms with Crippen molar-refractivity contribution in [3.05, 3.63) is 0 Å². The lowest BCUT2D eigenvalue weighted by Gasteiger charge is -2.18. The molecule has 1 unspecified atom stereocenters. The van der Waals surface area contributed by atoms with Crippen LogP contribution in [0.25, 0.3) is 0 Å². The van der Waals surface area contributed by atoms with E-state index < -0.39 is 0 Å². The van der Waals surface area contributed by atoms with Crippen molar-refractivity contribution in [3.8, 4) is 0 Å². The summed E-state index contributed by atoms with van der Waals surface area (Å²) in [5, 5.41) is 0. The molecule has 0 aromatic carbocycles. The fourth-order valence-corrected chi connectivity index (χ4v) is 1.80. The summed E-state index contributed by atoms with van der Waals surface area (Å²) < 4.78 is 4.96. The van der Waals surface area contributed by atoms with Crippen molar-refractivity contribution in [2.75, 3.05) is 6.61 Å². The normalized spacial score (nSPS) is 16.0. The van der Waals surface area contributed by atoms with Crippen LogP contribution in [0.4, 0.5) is 0 Å². The minimum atomic E-state index is -0.204. The van der Waals surface area contributed by atoms with Crippen molar-refractivity contribution in [1.29, 1.82) is 0 Å². The molecule has 0 aliphatic carbocycles. The van der Waals surface area contributed by atoms with Gasteiger partial charge in [-0.05, 0) is 24.2 Å². The number of rotatable bonds is 9. The number of carbonyl (C=O) groups is 2. The average molecular weight is 242 g/mol. The molecular weight excluding hydrogens is 216 g/mol. The zero-order valence-corrected chi connectivity index (χ0v) is 11.6. The van der Waals surface area contributed by atoms with Crippen molar-refractivity contribution in [1.82, 2.24) is 0 Å². The Labute approximate surface area is 105 Å². The van der Waals surface area contributed by atoms with Gasteiger partial charge in [0, 0.05) is 13.3 Å². The SMILES string of the molecule is CC(=O)OC[C@@H](C)CCC[C@@H](C)C(C)CC=O. The van der Waals surface area contributed by atoms with Gasteiger partial charge in [0.1, 0.15) is 6.29 Å². The maximum Gasteiger partial charge on any atom is 0.302 e. The van der Waals surface area contributed by atoms with E-state index in [9.17, 15) is 9.59 Å². The van der Waals surface area contributed by atoms with Gasteiger partial charge >= 0.3 is 5.97 Å². The molecule has 0 saturated carbocycles. The summed E-state index contributed by atoms with van der Waals surface area (Å²) in [5.74, 6) is 1.27. The predicted octanol–water partition coefficient (Wildman–Crippen LogP) is 3.22. The van der Waals surface area contributed by atoms with Gasteiger partial charge in [0.25, 0.3) is 0 Å². The van der Waals surface area contributed by atoms with Crippen LogP contribution in [0.3, 0.4) is 0 Å². The lowest BCUT2D eigenvalue weighted by Crippen LogP contribution is -2.11. The predicted molar refractivity (Wildman–Crippen MR) is 68.7 cm³/mol. The van der Waals surface area contributed by atoms with Crippen LogP contribution in [0.1, 0.15) is 53.4 Å². The van der Waals surface area contributed by atoms with Crippen LogP contribution in [-0.4, -0.2) is 18.9 Å². The molecule has 0 spiro atoms. The fraction of sp³-hybridized carbons (Fsp3) is 0.857. The average Bonchev–Trinajstić information content (AvgIpc) is 2.26. The molecular formula is C14H26O3. The Balaban J connectivity index is 3.61. The van der Waals surface area contributed by atoms with E-state index >= 15 is 0 Å².